The maximum absolute atomic E-state index is 13.8. The third kappa shape index (κ3) is 4.46. The number of carbonyl (C=O) groups is 1. The van der Waals surface area contributed by atoms with Gasteiger partial charge in [-0.1, -0.05) is 18.2 Å². The van der Waals surface area contributed by atoms with Crippen LogP contribution in [0.15, 0.2) is 63.8 Å². The molecule has 2 N–H and O–H groups in total. The Morgan fingerprint density at radius 3 is 2.50 bits per heavy atom. The molecule has 0 fully saturated rings. The van der Waals surface area contributed by atoms with Gasteiger partial charge in [-0.25, -0.2) is 9.18 Å². The summed E-state index contributed by atoms with van der Waals surface area (Å²) in [5.41, 5.74) is 0.196. The van der Waals surface area contributed by atoms with Gasteiger partial charge in [-0.05, 0) is 61.4 Å². The monoisotopic (exact) mass is 526 g/mol. The summed E-state index contributed by atoms with van der Waals surface area (Å²) in [7, 11) is 0. The molecule has 38 heavy (non-hydrogen) atoms. The number of hydrogen-bond donors (Lipinski definition) is 2. The van der Waals surface area contributed by atoms with Gasteiger partial charge in [0.15, 0.2) is 5.43 Å². The third-order valence-corrected chi connectivity index (χ3v) is 6.72. The van der Waals surface area contributed by atoms with Crippen LogP contribution in [0.3, 0.4) is 0 Å². The highest BCUT2D eigenvalue weighted by atomic mass is 19.4. The van der Waals surface area contributed by atoms with Crippen molar-refractivity contribution < 1.29 is 31.9 Å². The number of aromatic carboxylic acids is 1. The van der Waals surface area contributed by atoms with Crippen molar-refractivity contribution >= 4 is 28.5 Å². The minimum atomic E-state index is -4.73. The van der Waals surface area contributed by atoms with Crippen LogP contribution in [0, 0.1) is 12.7 Å². The molecule has 1 atom stereocenters. The van der Waals surface area contributed by atoms with E-state index in [0.29, 0.717) is 6.54 Å². The first-order valence-electron chi connectivity index (χ1n) is 11.7. The van der Waals surface area contributed by atoms with Gasteiger partial charge < -0.3 is 19.7 Å². The van der Waals surface area contributed by atoms with Gasteiger partial charge in [-0.3, -0.25) is 4.79 Å². The zero-order valence-electron chi connectivity index (χ0n) is 20.3. The van der Waals surface area contributed by atoms with E-state index in [9.17, 15) is 32.3 Å². The summed E-state index contributed by atoms with van der Waals surface area (Å²) in [5, 5.41) is 12.2. The fraction of sp³-hybridized carbons (Fsp3) is 0.214. The number of benzene rings is 3. The molecule has 196 valence electrons. The summed E-state index contributed by atoms with van der Waals surface area (Å²) in [6.07, 6.45) is -4.73. The first kappa shape index (κ1) is 25.3. The number of carboxylic acids is 1. The molecule has 2 heterocycles. The molecule has 1 aliphatic rings. The molecule has 0 saturated carbocycles. The lowest BCUT2D eigenvalue weighted by molar-refractivity contribution is -0.137. The normalized spacial score (nSPS) is 14.0. The second-order valence-corrected chi connectivity index (χ2v) is 9.29. The number of nitrogens with one attached hydrogen (secondary N) is 1. The molecule has 3 aromatic carbocycles. The van der Waals surface area contributed by atoms with Crippen molar-refractivity contribution in [3.63, 3.8) is 0 Å². The molecule has 0 saturated heterocycles. The molecule has 1 unspecified atom stereocenters. The van der Waals surface area contributed by atoms with Crippen LogP contribution >= 0.6 is 0 Å². The van der Waals surface area contributed by atoms with Crippen molar-refractivity contribution in [1.29, 1.82) is 0 Å². The summed E-state index contributed by atoms with van der Waals surface area (Å²) in [5.74, 6) is -1.42. The molecular formula is C28H22F4N2O4. The SMILES string of the molecule is Cc1c(N2Cc3ccc(F)cc3C2)oc2c(C(C)Nc3ccccc3C(=O)O)cc(C(F)(F)F)cc2c1=O. The molecule has 0 amide bonds. The van der Waals surface area contributed by atoms with E-state index < -0.39 is 35.0 Å². The number of alkyl halides is 3. The quantitative estimate of drug-likeness (QED) is 0.283. The van der Waals surface area contributed by atoms with E-state index in [1.165, 1.54) is 37.3 Å². The molecule has 0 spiro atoms. The number of carboxylic acid groups (broad SMARTS) is 1. The van der Waals surface area contributed by atoms with E-state index in [4.69, 9.17) is 4.42 Å². The van der Waals surface area contributed by atoms with Gasteiger partial charge in [0.25, 0.3) is 0 Å². The predicted molar refractivity (Wildman–Crippen MR) is 134 cm³/mol. The van der Waals surface area contributed by atoms with Gasteiger partial charge in [0, 0.05) is 24.3 Å². The Bertz CT molecular complexity index is 1640. The second-order valence-electron chi connectivity index (χ2n) is 9.29. The van der Waals surface area contributed by atoms with Crippen molar-refractivity contribution in [3.05, 3.63) is 104 Å². The largest absolute Gasteiger partial charge is 0.478 e. The maximum Gasteiger partial charge on any atom is 0.416 e. The Hall–Kier alpha value is -4.34. The van der Waals surface area contributed by atoms with E-state index in [1.807, 2.05) is 0 Å². The van der Waals surface area contributed by atoms with E-state index in [2.05, 4.69) is 5.32 Å². The van der Waals surface area contributed by atoms with Crippen LogP contribution in [-0.2, 0) is 19.3 Å². The minimum absolute atomic E-state index is 0.0381. The molecule has 1 aliphatic heterocycles. The van der Waals surface area contributed by atoms with Crippen molar-refractivity contribution in [2.75, 3.05) is 10.2 Å². The molecule has 5 rings (SSSR count). The average molecular weight is 526 g/mol. The Labute approximate surface area is 214 Å². The van der Waals surface area contributed by atoms with E-state index >= 15 is 0 Å². The molecular weight excluding hydrogens is 504 g/mol. The number of para-hydroxylation sites is 1. The standard InChI is InChI=1S/C28H22F4N2O4/c1-14-24(35)22-11-18(28(30,31)32)10-21(15(2)33-23-6-4-3-5-20(23)27(36)37)25(22)38-26(14)34-12-16-7-8-19(29)9-17(16)13-34/h3-11,15,33H,12-13H2,1-2H3,(H,36,37). The lowest BCUT2D eigenvalue weighted by Crippen LogP contribution is -2.21. The van der Waals surface area contributed by atoms with Crippen molar-refractivity contribution in [1.82, 2.24) is 0 Å². The summed E-state index contributed by atoms with van der Waals surface area (Å²) in [6.45, 7) is 3.63. The van der Waals surface area contributed by atoms with Gasteiger partial charge >= 0.3 is 12.1 Å². The highest BCUT2D eigenvalue weighted by Gasteiger charge is 2.34. The van der Waals surface area contributed by atoms with Crippen LogP contribution in [0.2, 0.25) is 0 Å². The van der Waals surface area contributed by atoms with Gasteiger partial charge in [-0.2, -0.15) is 13.2 Å². The predicted octanol–water partition coefficient (Wildman–Crippen LogP) is 6.65. The van der Waals surface area contributed by atoms with Gasteiger partial charge in [0.1, 0.15) is 11.4 Å². The number of rotatable bonds is 5. The Kier molecular flexibility index (Phi) is 6.13. The van der Waals surface area contributed by atoms with E-state index in [1.54, 1.807) is 24.0 Å². The van der Waals surface area contributed by atoms with Gasteiger partial charge in [0.05, 0.1) is 28.1 Å². The van der Waals surface area contributed by atoms with Crippen LogP contribution in [0.5, 0.6) is 0 Å². The van der Waals surface area contributed by atoms with Crippen LogP contribution in [0.25, 0.3) is 11.0 Å². The third-order valence-electron chi connectivity index (χ3n) is 6.72. The molecule has 1 aromatic heterocycles. The highest BCUT2D eigenvalue weighted by Crippen LogP contribution is 2.38. The first-order chi connectivity index (χ1) is 17.9. The lowest BCUT2D eigenvalue weighted by atomic mass is 9.99. The van der Waals surface area contributed by atoms with Gasteiger partial charge in [-0.15, -0.1) is 0 Å². The summed E-state index contributed by atoms with van der Waals surface area (Å²) < 4.78 is 61.4. The van der Waals surface area contributed by atoms with Crippen molar-refractivity contribution in [2.24, 2.45) is 0 Å². The van der Waals surface area contributed by atoms with E-state index in [-0.39, 0.29) is 45.8 Å². The van der Waals surface area contributed by atoms with Crippen LogP contribution in [0.4, 0.5) is 29.1 Å². The minimum Gasteiger partial charge on any atom is -0.478 e. The topological polar surface area (TPSA) is 82.8 Å². The highest BCUT2D eigenvalue weighted by molar-refractivity contribution is 5.94. The summed E-state index contributed by atoms with van der Waals surface area (Å²) >= 11 is 0. The Morgan fingerprint density at radius 2 is 1.79 bits per heavy atom. The lowest BCUT2D eigenvalue weighted by Gasteiger charge is -2.23. The van der Waals surface area contributed by atoms with E-state index in [0.717, 1.165) is 23.3 Å². The van der Waals surface area contributed by atoms with Gasteiger partial charge in [0.2, 0.25) is 5.88 Å². The smallest absolute Gasteiger partial charge is 0.416 e. The summed E-state index contributed by atoms with van der Waals surface area (Å²) in [6, 6.07) is 11.2. The average Bonchev–Trinajstić information content (AvgIpc) is 3.28. The van der Waals surface area contributed by atoms with Crippen molar-refractivity contribution in [2.45, 2.75) is 39.2 Å². The maximum atomic E-state index is 13.8. The second kappa shape index (κ2) is 9.20. The van der Waals surface area contributed by atoms with Crippen LogP contribution in [0.1, 0.15) is 51.1 Å². The molecule has 0 bridgehead atoms. The number of halogens is 4. The number of anilines is 2. The zero-order chi connectivity index (χ0) is 27.4. The van der Waals surface area contributed by atoms with Crippen LogP contribution in [-0.4, -0.2) is 11.1 Å². The fourth-order valence-electron chi connectivity index (χ4n) is 4.81. The Morgan fingerprint density at radius 1 is 1.08 bits per heavy atom. The molecule has 4 aromatic rings. The van der Waals surface area contributed by atoms with Crippen molar-refractivity contribution in [3.8, 4) is 0 Å². The fourth-order valence-corrected chi connectivity index (χ4v) is 4.81. The number of nitrogens with zero attached hydrogens (tertiary/aromatic N) is 1. The Balaban J connectivity index is 1.66. The number of hydrogen-bond acceptors (Lipinski definition) is 5. The summed E-state index contributed by atoms with van der Waals surface area (Å²) in [4.78, 5) is 26.8. The molecule has 6 nitrogen and oxygen atoms in total. The first-order valence-corrected chi connectivity index (χ1v) is 11.7. The molecule has 0 aliphatic carbocycles. The number of fused-ring (bicyclic) bond motifs is 2. The zero-order valence-corrected chi connectivity index (χ0v) is 20.3. The van der Waals surface area contributed by atoms with Crippen LogP contribution < -0.4 is 15.6 Å². The molecule has 0 radical (unpaired) electrons. The molecule has 10 heteroatoms.